The van der Waals surface area contributed by atoms with Crippen molar-refractivity contribution in [1.29, 1.82) is 0 Å². The molecule has 0 spiro atoms. The highest BCUT2D eigenvalue weighted by Gasteiger charge is 2.34. The van der Waals surface area contributed by atoms with E-state index in [1.807, 2.05) is 42.5 Å². The fraction of sp³-hybridized carbons (Fsp3) is 0.0580. The third-order valence-electron chi connectivity index (χ3n) is 15.1. The number of para-hydroxylation sites is 2. The first-order valence-corrected chi connectivity index (χ1v) is 25.6. The molecule has 0 saturated carbocycles. The summed E-state index contributed by atoms with van der Waals surface area (Å²) in [4.78, 5) is 16.3. The van der Waals surface area contributed by atoms with E-state index in [0.29, 0.717) is 17.5 Å². The van der Waals surface area contributed by atoms with Gasteiger partial charge >= 0.3 is 0 Å². The lowest BCUT2D eigenvalue weighted by Crippen LogP contribution is -2.15. The van der Waals surface area contributed by atoms with E-state index in [1.54, 1.807) is 0 Å². The van der Waals surface area contributed by atoms with Crippen molar-refractivity contribution in [3.05, 3.63) is 259 Å². The van der Waals surface area contributed by atoms with Gasteiger partial charge in [0.15, 0.2) is 17.5 Å². The van der Waals surface area contributed by atoms with E-state index in [9.17, 15) is 0 Å². The lowest BCUT2D eigenvalue weighted by Gasteiger charge is -2.23. The molecule has 75 heavy (non-hydrogen) atoms. The van der Waals surface area contributed by atoms with E-state index in [-0.39, 0.29) is 6.10 Å². The van der Waals surface area contributed by atoms with Crippen LogP contribution < -0.4 is 4.74 Å². The molecule has 15 rings (SSSR count). The van der Waals surface area contributed by atoms with E-state index in [2.05, 4.69) is 199 Å². The van der Waals surface area contributed by atoms with Gasteiger partial charge in [-0.2, -0.15) is 0 Å². The maximum atomic E-state index is 6.57. The summed E-state index contributed by atoms with van der Waals surface area (Å²) in [5, 5.41) is 3.31. The van der Waals surface area contributed by atoms with E-state index >= 15 is 0 Å². The zero-order valence-electron chi connectivity index (χ0n) is 40.7. The molecule has 1 aliphatic heterocycles. The van der Waals surface area contributed by atoms with Crippen LogP contribution in [-0.4, -0.2) is 25.6 Å². The van der Waals surface area contributed by atoms with Crippen molar-refractivity contribution in [2.75, 3.05) is 0 Å². The first-order valence-electron chi connectivity index (χ1n) is 25.6. The standard InChI is InChI=1S/C69H44N4O2/c1-5-18-43(19-6-1)47-33-36-59-57(38-47)58-39-48(44-20-7-2-8-21-44)34-37-60(58)73(59)66-55(45-22-9-3-10-23-45)40-50(41-56(66)46-24-11-4-12-25-46)68-70-67(49-32-35-52-51-26-13-15-29-61(51)75-64(52)42-49)71-69(72-68)54-28-17-31-63-65(54)53-27-14-16-30-62(53)74-63/h1-11,13-24,26-30,32-33,35-36,38-42,63H,31,34,37H2. The molecule has 2 aliphatic carbocycles. The zero-order valence-corrected chi connectivity index (χ0v) is 40.7. The number of ether oxygens (including phenoxy) is 1. The Hall–Kier alpha value is -9.83. The summed E-state index contributed by atoms with van der Waals surface area (Å²) in [5.74, 6) is 2.53. The zero-order chi connectivity index (χ0) is 49.4. The van der Waals surface area contributed by atoms with Crippen molar-refractivity contribution in [1.82, 2.24) is 19.5 Å². The highest BCUT2D eigenvalue weighted by atomic mass is 16.5. The van der Waals surface area contributed by atoms with Gasteiger partial charge in [0.25, 0.3) is 0 Å². The summed E-state index contributed by atoms with van der Waals surface area (Å²) in [6.07, 6.45) is 9.11. The second kappa shape index (κ2) is 17.4. The number of allylic oxidation sites excluding steroid dienone is 3. The Kier molecular flexibility index (Phi) is 9.96. The predicted octanol–water partition coefficient (Wildman–Crippen LogP) is 16.8. The van der Waals surface area contributed by atoms with Gasteiger partial charge in [0.2, 0.25) is 0 Å². The first-order chi connectivity index (χ1) is 37.2. The Morgan fingerprint density at radius 3 is 2.04 bits per heavy atom. The average Bonchev–Trinajstić information content (AvgIpc) is 4.20. The fourth-order valence-corrected chi connectivity index (χ4v) is 11.7. The number of furan rings is 1. The summed E-state index contributed by atoms with van der Waals surface area (Å²) < 4.78 is 15.6. The molecule has 3 aliphatic rings. The molecule has 6 nitrogen and oxygen atoms in total. The van der Waals surface area contributed by atoms with Crippen LogP contribution in [0.4, 0.5) is 0 Å². The van der Waals surface area contributed by atoms with Crippen LogP contribution in [-0.2, 0) is 6.42 Å². The van der Waals surface area contributed by atoms with Crippen LogP contribution >= 0.6 is 0 Å². The molecular formula is C69H44N4O2. The van der Waals surface area contributed by atoms with Gasteiger partial charge in [-0.1, -0.05) is 170 Å². The van der Waals surface area contributed by atoms with Crippen LogP contribution in [0.5, 0.6) is 5.75 Å². The van der Waals surface area contributed by atoms with Crippen LogP contribution in [0.1, 0.15) is 41.1 Å². The molecule has 0 N–H and O–H groups in total. The second-order valence-corrected chi connectivity index (χ2v) is 19.5. The number of benzene rings is 8. The molecular weight excluding hydrogens is 917 g/mol. The van der Waals surface area contributed by atoms with Crippen LogP contribution in [0.15, 0.2) is 223 Å². The summed E-state index contributed by atoms with van der Waals surface area (Å²) in [7, 11) is 0. The van der Waals surface area contributed by atoms with Gasteiger partial charge in [0.05, 0.1) is 11.2 Å². The highest BCUT2D eigenvalue weighted by molar-refractivity contribution is 6.07. The number of nitrogens with zero attached hydrogens (tertiary/aromatic N) is 4. The Labute approximate surface area is 433 Å². The average molecular weight is 961 g/mol. The monoisotopic (exact) mass is 960 g/mol. The van der Waals surface area contributed by atoms with E-state index in [4.69, 9.17) is 24.1 Å². The molecule has 1 unspecified atom stereocenters. The van der Waals surface area contributed by atoms with E-state index < -0.39 is 0 Å². The van der Waals surface area contributed by atoms with Gasteiger partial charge in [-0.3, -0.25) is 0 Å². The van der Waals surface area contributed by atoms with Gasteiger partial charge < -0.3 is 13.7 Å². The fourth-order valence-electron chi connectivity index (χ4n) is 11.7. The van der Waals surface area contributed by atoms with Crippen LogP contribution in [0.2, 0.25) is 0 Å². The van der Waals surface area contributed by atoms with E-state index in [0.717, 1.165) is 108 Å². The topological polar surface area (TPSA) is 66.0 Å². The first kappa shape index (κ1) is 42.8. The molecule has 0 bridgehead atoms. The van der Waals surface area contributed by atoms with Gasteiger partial charge in [0.1, 0.15) is 23.0 Å². The summed E-state index contributed by atoms with van der Waals surface area (Å²) in [5.41, 5.74) is 20.0. The van der Waals surface area contributed by atoms with Crippen LogP contribution in [0.3, 0.4) is 0 Å². The Morgan fingerprint density at radius 2 is 1.21 bits per heavy atom. The molecule has 12 aromatic rings. The maximum Gasteiger partial charge on any atom is 0.164 e. The number of fused-ring (bicyclic) bond motifs is 9. The molecule has 0 amide bonds. The molecule has 0 radical (unpaired) electrons. The van der Waals surface area contributed by atoms with Crippen molar-refractivity contribution in [2.24, 2.45) is 0 Å². The van der Waals surface area contributed by atoms with Crippen molar-refractivity contribution < 1.29 is 9.15 Å². The van der Waals surface area contributed by atoms with Crippen molar-refractivity contribution in [3.8, 4) is 67.6 Å². The number of hydrogen-bond acceptors (Lipinski definition) is 5. The minimum atomic E-state index is -0.150. The van der Waals surface area contributed by atoms with Crippen molar-refractivity contribution in [3.63, 3.8) is 0 Å². The minimum Gasteiger partial charge on any atom is -0.485 e. The highest BCUT2D eigenvalue weighted by Crippen LogP contribution is 2.48. The molecule has 1 atom stereocenters. The Balaban J connectivity index is 1.01. The quantitative estimate of drug-likeness (QED) is 0.152. The summed E-state index contributed by atoms with van der Waals surface area (Å²) in [6, 6.07) is 79.4. The number of rotatable bonds is 8. The molecule has 0 saturated heterocycles. The molecule has 0 fully saturated rings. The van der Waals surface area contributed by atoms with Crippen LogP contribution in [0, 0.1) is 12.1 Å². The number of hydrogen-bond donors (Lipinski definition) is 0. The van der Waals surface area contributed by atoms with Gasteiger partial charge in [-0.25, -0.2) is 15.0 Å². The minimum absolute atomic E-state index is 0.150. The lowest BCUT2D eigenvalue weighted by atomic mass is 9.90. The molecule has 4 heterocycles. The molecule has 9 aromatic carbocycles. The maximum absolute atomic E-state index is 6.57. The summed E-state index contributed by atoms with van der Waals surface area (Å²) >= 11 is 0. The van der Waals surface area contributed by atoms with E-state index in [1.165, 1.54) is 38.9 Å². The lowest BCUT2D eigenvalue weighted by molar-refractivity contribution is 0.279. The van der Waals surface area contributed by atoms with Crippen molar-refractivity contribution >= 4 is 55.6 Å². The summed E-state index contributed by atoms with van der Waals surface area (Å²) in [6.45, 7) is 0. The molecule has 3 aromatic heterocycles. The number of aromatic nitrogens is 4. The SMILES string of the molecule is c1cccc(-c2cc(-c3nc(C4=C5c6ccccc6OC5CC=C4)nc(-c4ccc5c(c4)oc4ccccc45)n3)cc(-c3ccccc3)c2-n2c3c(c4cc(-c5ccccc5)ccc42)C=C(c2ccccc2)CC3)c#1. The molecule has 6 heteroatoms. The third-order valence-corrected chi connectivity index (χ3v) is 15.1. The van der Waals surface area contributed by atoms with Gasteiger partial charge in [-0.05, 0) is 107 Å². The van der Waals surface area contributed by atoms with Crippen LogP contribution in [0.25, 0.3) is 117 Å². The smallest absolute Gasteiger partial charge is 0.164 e. The van der Waals surface area contributed by atoms with Crippen molar-refractivity contribution in [2.45, 2.75) is 25.4 Å². The Bertz CT molecular complexity index is 4280. The predicted molar refractivity (Wildman–Crippen MR) is 303 cm³/mol. The normalized spacial score (nSPS) is 14.6. The van der Waals surface area contributed by atoms with Gasteiger partial charge in [-0.15, -0.1) is 0 Å². The van der Waals surface area contributed by atoms with Gasteiger partial charge in [0, 0.05) is 78.4 Å². The second-order valence-electron chi connectivity index (χ2n) is 19.5. The Morgan fingerprint density at radius 1 is 0.507 bits per heavy atom. The third kappa shape index (κ3) is 7.23. The largest absolute Gasteiger partial charge is 0.485 e. The molecule has 352 valence electrons.